The number of nitrogen functional groups attached to an aromatic ring is 1. The van der Waals surface area contributed by atoms with Crippen molar-refractivity contribution in [3.63, 3.8) is 0 Å². The first-order chi connectivity index (χ1) is 15.0. The fourth-order valence-corrected chi connectivity index (χ4v) is 5.13. The number of halogens is 1. The van der Waals surface area contributed by atoms with E-state index in [2.05, 4.69) is 50.0 Å². The van der Waals surface area contributed by atoms with Crippen molar-refractivity contribution in [1.29, 1.82) is 5.26 Å². The minimum absolute atomic E-state index is 0.0722. The first-order valence-electron chi connectivity index (χ1n) is 10.6. The standard InChI is InChI=1S/C23H25IN6O/c1-14(28-21-17(12-25)13-27-23(26)29-21)19-10-15-6-5-7-16(11-24)20(15)22(31)30(19)18-8-3-2-4-9-18/h5-7,10,13-14,18H,2-4,8-9,11H2,1H3,(H3,26,27,28,29)/t14-/m0/s1. The van der Waals surface area contributed by atoms with Crippen LogP contribution in [0.4, 0.5) is 11.8 Å². The largest absolute Gasteiger partial charge is 0.368 e. The molecule has 1 fully saturated rings. The molecule has 0 radical (unpaired) electrons. The Morgan fingerprint density at radius 2 is 2.13 bits per heavy atom. The molecule has 1 saturated carbocycles. The van der Waals surface area contributed by atoms with E-state index in [9.17, 15) is 10.1 Å². The van der Waals surface area contributed by atoms with E-state index < -0.39 is 0 Å². The fourth-order valence-electron chi connectivity index (χ4n) is 4.49. The highest BCUT2D eigenvalue weighted by Gasteiger charge is 2.24. The molecule has 160 valence electrons. The zero-order valence-electron chi connectivity index (χ0n) is 17.4. The van der Waals surface area contributed by atoms with Gasteiger partial charge in [0.05, 0.1) is 17.6 Å². The zero-order valence-corrected chi connectivity index (χ0v) is 19.6. The molecule has 0 amide bonds. The van der Waals surface area contributed by atoms with Crippen molar-refractivity contribution < 1.29 is 0 Å². The smallest absolute Gasteiger partial charge is 0.259 e. The molecule has 0 saturated heterocycles. The number of nitrogens with two attached hydrogens (primary N) is 1. The lowest BCUT2D eigenvalue weighted by molar-refractivity contribution is 0.338. The van der Waals surface area contributed by atoms with Gasteiger partial charge in [-0.1, -0.05) is 60.1 Å². The van der Waals surface area contributed by atoms with Crippen LogP contribution < -0.4 is 16.6 Å². The summed E-state index contributed by atoms with van der Waals surface area (Å²) in [5.74, 6) is 0.481. The molecular formula is C23H25IN6O. The van der Waals surface area contributed by atoms with E-state index in [1.54, 1.807) is 0 Å². The molecule has 31 heavy (non-hydrogen) atoms. The predicted octanol–water partition coefficient (Wildman–Crippen LogP) is 4.86. The third-order valence-corrected chi connectivity index (χ3v) is 6.83. The SMILES string of the molecule is C[C@H](Nc1nc(N)ncc1C#N)c1cc2cccc(CI)c2c(=O)n1C1CCCCC1. The highest BCUT2D eigenvalue weighted by atomic mass is 127. The highest BCUT2D eigenvalue weighted by molar-refractivity contribution is 14.1. The Morgan fingerprint density at radius 1 is 1.35 bits per heavy atom. The van der Waals surface area contributed by atoms with Crippen LogP contribution in [0, 0.1) is 11.3 Å². The first kappa shape index (κ1) is 21.6. The van der Waals surface area contributed by atoms with Crippen LogP contribution in [0.2, 0.25) is 0 Å². The average molecular weight is 528 g/mol. The van der Waals surface area contributed by atoms with Gasteiger partial charge in [-0.15, -0.1) is 0 Å². The number of nitriles is 1. The molecule has 2 aromatic heterocycles. The van der Waals surface area contributed by atoms with Crippen LogP contribution in [-0.2, 0) is 4.43 Å². The summed E-state index contributed by atoms with van der Waals surface area (Å²) in [6, 6.07) is 10.2. The van der Waals surface area contributed by atoms with Crippen LogP contribution in [0.25, 0.3) is 10.8 Å². The van der Waals surface area contributed by atoms with Crippen molar-refractivity contribution in [2.75, 3.05) is 11.1 Å². The lowest BCUT2D eigenvalue weighted by atomic mass is 9.93. The van der Waals surface area contributed by atoms with E-state index in [-0.39, 0.29) is 23.6 Å². The third-order valence-electron chi connectivity index (χ3n) is 6.01. The van der Waals surface area contributed by atoms with Gasteiger partial charge in [0.2, 0.25) is 5.95 Å². The maximum absolute atomic E-state index is 13.8. The van der Waals surface area contributed by atoms with E-state index in [0.717, 1.165) is 52.1 Å². The van der Waals surface area contributed by atoms with Gasteiger partial charge >= 0.3 is 0 Å². The van der Waals surface area contributed by atoms with Crippen LogP contribution in [0.3, 0.4) is 0 Å². The zero-order chi connectivity index (χ0) is 22.0. The van der Waals surface area contributed by atoms with Gasteiger partial charge in [-0.3, -0.25) is 4.79 Å². The number of alkyl halides is 1. The average Bonchev–Trinajstić information content (AvgIpc) is 2.79. The van der Waals surface area contributed by atoms with Crippen molar-refractivity contribution in [2.24, 2.45) is 0 Å². The van der Waals surface area contributed by atoms with Crippen LogP contribution in [0.15, 0.2) is 35.3 Å². The Hall–Kier alpha value is -2.67. The molecule has 1 aliphatic rings. The number of nitrogens with one attached hydrogen (secondary N) is 1. The molecule has 0 spiro atoms. The Morgan fingerprint density at radius 3 is 2.84 bits per heavy atom. The summed E-state index contributed by atoms with van der Waals surface area (Å²) in [6.07, 6.45) is 6.89. The van der Waals surface area contributed by atoms with Gasteiger partial charge in [0.15, 0.2) is 0 Å². The van der Waals surface area contributed by atoms with Gasteiger partial charge in [0.25, 0.3) is 5.56 Å². The molecule has 2 heterocycles. The second-order valence-corrected chi connectivity index (χ2v) is 8.78. The van der Waals surface area contributed by atoms with Gasteiger partial charge in [0, 0.05) is 16.2 Å². The number of hydrogen-bond acceptors (Lipinski definition) is 6. The molecule has 1 aliphatic carbocycles. The molecule has 3 N–H and O–H groups in total. The van der Waals surface area contributed by atoms with E-state index >= 15 is 0 Å². The molecule has 3 aromatic rings. The van der Waals surface area contributed by atoms with Crippen molar-refractivity contribution in [3.05, 3.63) is 57.6 Å². The van der Waals surface area contributed by atoms with E-state index in [1.807, 2.05) is 29.7 Å². The summed E-state index contributed by atoms with van der Waals surface area (Å²) in [4.78, 5) is 21.9. The number of fused-ring (bicyclic) bond motifs is 1. The van der Waals surface area contributed by atoms with Crippen LogP contribution in [0.5, 0.6) is 0 Å². The molecular weight excluding hydrogens is 503 g/mol. The Bertz CT molecular complexity index is 1210. The minimum atomic E-state index is -0.247. The monoisotopic (exact) mass is 528 g/mol. The minimum Gasteiger partial charge on any atom is -0.368 e. The quantitative estimate of drug-likeness (QED) is 0.362. The van der Waals surface area contributed by atoms with E-state index in [4.69, 9.17) is 5.73 Å². The summed E-state index contributed by atoms with van der Waals surface area (Å²) >= 11 is 2.32. The van der Waals surface area contributed by atoms with Crippen molar-refractivity contribution in [1.82, 2.24) is 14.5 Å². The molecule has 8 heteroatoms. The Balaban J connectivity index is 1.87. The number of anilines is 2. The first-order valence-corrected chi connectivity index (χ1v) is 12.1. The maximum atomic E-state index is 13.8. The van der Waals surface area contributed by atoms with Crippen molar-refractivity contribution in [2.45, 2.75) is 55.5 Å². The topological polar surface area (TPSA) is 110 Å². The molecule has 4 rings (SSSR count). The van der Waals surface area contributed by atoms with Crippen LogP contribution >= 0.6 is 22.6 Å². The van der Waals surface area contributed by atoms with Crippen LogP contribution in [-0.4, -0.2) is 14.5 Å². The molecule has 1 aromatic carbocycles. The summed E-state index contributed by atoms with van der Waals surface area (Å²) < 4.78 is 2.78. The summed E-state index contributed by atoms with van der Waals surface area (Å²) in [5, 5.41) is 14.5. The summed E-state index contributed by atoms with van der Waals surface area (Å²) in [7, 11) is 0. The second-order valence-electron chi connectivity index (χ2n) is 8.02. The maximum Gasteiger partial charge on any atom is 0.259 e. The summed E-state index contributed by atoms with van der Waals surface area (Å²) in [5.41, 5.74) is 8.10. The molecule has 0 bridgehead atoms. The van der Waals surface area contributed by atoms with Gasteiger partial charge < -0.3 is 15.6 Å². The number of aromatic nitrogens is 3. The van der Waals surface area contributed by atoms with E-state index in [0.29, 0.717) is 11.4 Å². The number of benzene rings is 1. The number of rotatable bonds is 5. The third kappa shape index (κ3) is 4.24. The lowest BCUT2D eigenvalue weighted by Crippen LogP contribution is -2.32. The predicted molar refractivity (Wildman–Crippen MR) is 131 cm³/mol. The second kappa shape index (κ2) is 9.22. The summed E-state index contributed by atoms with van der Waals surface area (Å²) in [6.45, 7) is 1.99. The van der Waals surface area contributed by atoms with Gasteiger partial charge in [-0.2, -0.15) is 10.2 Å². The fraction of sp³-hybridized carbons (Fsp3) is 0.391. The van der Waals surface area contributed by atoms with Gasteiger partial charge in [0.1, 0.15) is 17.5 Å². The highest BCUT2D eigenvalue weighted by Crippen LogP contribution is 2.32. The molecule has 0 unspecified atom stereocenters. The molecule has 0 aliphatic heterocycles. The van der Waals surface area contributed by atoms with Gasteiger partial charge in [-0.25, -0.2) is 4.98 Å². The Kier molecular flexibility index (Phi) is 6.41. The Labute approximate surface area is 194 Å². The van der Waals surface area contributed by atoms with Crippen molar-refractivity contribution >= 4 is 45.1 Å². The van der Waals surface area contributed by atoms with Crippen molar-refractivity contribution in [3.8, 4) is 6.07 Å². The molecule has 1 atom stereocenters. The van der Waals surface area contributed by atoms with E-state index in [1.165, 1.54) is 12.6 Å². The number of nitrogens with zero attached hydrogens (tertiary/aromatic N) is 4. The molecule has 7 nitrogen and oxygen atoms in total. The number of pyridine rings is 1. The normalized spacial score (nSPS) is 15.5. The van der Waals surface area contributed by atoms with Crippen LogP contribution in [0.1, 0.15) is 67.9 Å². The lowest BCUT2D eigenvalue weighted by Gasteiger charge is -2.30. The number of hydrogen-bond donors (Lipinski definition) is 2. The van der Waals surface area contributed by atoms with Gasteiger partial charge in [-0.05, 0) is 36.8 Å².